The molecule has 0 fully saturated rings. The van der Waals surface area contributed by atoms with Crippen molar-refractivity contribution >= 4 is 29.9 Å². The minimum atomic E-state index is -2.98. The Bertz CT molecular complexity index is 915. The highest BCUT2D eigenvalue weighted by Gasteiger charge is 2.20. The maximum absolute atomic E-state index is 13.5. The van der Waals surface area contributed by atoms with Gasteiger partial charge in [0.1, 0.15) is 11.6 Å². The molecule has 0 unspecified atom stereocenters. The van der Waals surface area contributed by atoms with E-state index in [0.717, 1.165) is 0 Å². The van der Waals surface area contributed by atoms with Crippen LogP contribution in [0.15, 0.2) is 35.3 Å². The summed E-state index contributed by atoms with van der Waals surface area (Å²) in [4.78, 5) is 4.41. The molecule has 0 saturated heterocycles. The summed E-state index contributed by atoms with van der Waals surface area (Å²) in [6, 6.07) is 7.33. The highest BCUT2D eigenvalue weighted by atomic mass is 127. The molecule has 3 N–H and O–H groups in total. The number of aliphatic imine (C=N–C) groups is 1. The summed E-state index contributed by atoms with van der Waals surface area (Å²) in [5.41, 5.74) is 1.34. The van der Waals surface area contributed by atoms with E-state index in [1.54, 1.807) is 12.1 Å². The molecule has 0 saturated carbocycles. The highest BCUT2D eigenvalue weighted by molar-refractivity contribution is 14.0. The number of guanidine groups is 1. The lowest BCUT2D eigenvalue weighted by molar-refractivity contribution is -0.0505. The van der Waals surface area contributed by atoms with Gasteiger partial charge in [0, 0.05) is 30.3 Å². The Kier molecular flexibility index (Phi) is 9.49. The second-order valence-corrected chi connectivity index (χ2v) is 6.32. The smallest absolute Gasteiger partial charge is 0.387 e. The number of benzene rings is 2. The zero-order valence-corrected chi connectivity index (χ0v) is 19.0. The zero-order chi connectivity index (χ0) is 21.5. The van der Waals surface area contributed by atoms with Gasteiger partial charge in [0.2, 0.25) is 6.79 Å². The Hall–Kier alpha value is -2.41. The van der Waals surface area contributed by atoms with E-state index in [1.807, 2.05) is 6.92 Å². The van der Waals surface area contributed by atoms with Crippen molar-refractivity contribution in [3.8, 4) is 17.2 Å². The first-order chi connectivity index (χ1) is 14.5. The molecule has 2 aromatic carbocycles. The molecule has 0 atom stereocenters. The van der Waals surface area contributed by atoms with Crippen molar-refractivity contribution in [2.45, 2.75) is 33.2 Å². The van der Waals surface area contributed by atoms with Crippen LogP contribution < -0.4 is 24.8 Å². The number of nitrogens with zero attached hydrogens (tertiary/aromatic N) is 1. The molecule has 0 bridgehead atoms. The number of aliphatic hydroxyl groups excluding tert-OH is 1. The summed E-state index contributed by atoms with van der Waals surface area (Å²) >= 11 is 0. The summed E-state index contributed by atoms with van der Waals surface area (Å²) in [6.07, 6.45) is 0. The molecule has 1 aliphatic rings. The number of fused-ring (bicyclic) bond motifs is 1. The fraction of sp³-hybridized carbons (Fsp3) is 0.350. The number of hydrogen-bond donors (Lipinski definition) is 3. The monoisotopic (exact) mass is 553 g/mol. The summed E-state index contributed by atoms with van der Waals surface area (Å²) in [5, 5.41) is 15.3. The SMILES string of the molecule is CCNC(=NCc1ccc(F)c(CO)c1)NCc1cc2c(cc1OC(F)F)OCO2.I. The van der Waals surface area contributed by atoms with Crippen LogP contribution in [0.4, 0.5) is 13.2 Å². The van der Waals surface area contributed by atoms with Crippen LogP contribution in [0.25, 0.3) is 0 Å². The van der Waals surface area contributed by atoms with Crippen LogP contribution in [0.1, 0.15) is 23.6 Å². The van der Waals surface area contributed by atoms with Crippen LogP contribution in [0.2, 0.25) is 0 Å². The summed E-state index contributed by atoms with van der Waals surface area (Å²) in [5.74, 6) is 0.700. The van der Waals surface area contributed by atoms with Gasteiger partial charge in [-0.15, -0.1) is 24.0 Å². The third kappa shape index (κ3) is 6.79. The molecule has 0 spiro atoms. The van der Waals surface area contributed by atoms with Crippen molar-refractivity contribution in [1.29, 1.82) is 0 Å². The summed E-state index contributed by atoms with van der Waals surface area (Å²) in [7, 11) is 0. The zero-order valence-electron chi connectivity index (χ0n) is 16.7. The van der Waals surface area contributed by atoms with E-state index < -0.39 is 19.0 Å². The molecule has 1 heterocycles. The second-order valence-electron chi connectivity index (χ2n) is 6.32. The van der Waals surface area contributed by atoms with Gasteiger partial charge in [-0.2, -0.15) is 8.78 Å². The first-order valence-corrected chi connectivity index (χ1v) is 9.27. The van der Waals surface area contributed by atoms with Crippen molar-refractivity contribution < 1.29 is 32.5 Å². The molecule has 170 valence electrons. The molecule has 31 heavy (non-hydrogen) atoms. The molecule has 2 aromatic rings. The first kappa shape index (κ1) is 24.9. The molecule has 0 aromatic heterocycles. The van der Waals surface area contributed by atoms with Gasteiger partial charge in [-0.25, -0.2) is 9.38 Å². The van der Waals surface area contributed by atoms with Crippen LogP contribution in [0.3, 0.4) is 0 Å². The van der Waals surface area contributed by atoms with Crippen molar-refractivity contribution in [2.24, 2.45) is 4.99 Å². The Morgan fingerprint density at radius 2 is 1.90 bits per heavy atom. The molecule has 1 aliphatic heterocycles. The van der Waals surface area contributed by atoms with Gasteiger partial charge in [-0.05, 0) is 30.7 Å². The van der Waals surface area contributed by atoms with Gasteiger partial charge in [0.05, 0.1) is 13.2 Å². The third-order valence-electron chi connectivity index (χ3n) is 4.26. The maximum Gasteiger partial charge on any atom is 0.387 e. The van der Waals surface area contributed by atoms with Crippen LogP contribution in [-0.4, -0.2) is 31.0 Å². The predicted octanol–water partition coefficient (Wildman–Crippen LogP) is 3.52. The van der Waals surface area contributed by atoms with Crippen LogP contribution >= 0.6 is 24.0 Å². The Morgan fingerprint density at radius 1 is 1.16 bits per heavy atom. The molecule has 3 rings (SSSR count). The quantitative estimate of drug-likeness (QED) is 0.264. The molecule has 0 aliphatic carbocycles. The van der Waals surface area contributed by atoms with Gasteiger partial charge >= 0.3 is 6.61 Å². The highest BCUT2D eigenvalue weighted by Crippen LogP contribution is 2.38. The molecule has 7 nitrogen and oxygen atoms in total. The number of rotatable bonds is 8. The van der Waals surface area contributed by atoms with Gasteiger partial charge in [-0.3, -0.25) is 0 Å². The fourth-order valence-electron chi connectivity index (χ4n) is 2.85. The summed E-state index contributed by atoms with van der Waals surface area (Å²) in [6.45, 7) is -0.564. The lowest BCUT2D eigenvalue weighted by atomic mass is 10.1. The van der Waals surface area contributed by atoms with Crippen molar-refractivity contribution in [3.05, 3.63) is 52.8 Å². The van der Waals surface area contributed by atoms with E-state index in [1.165, 1.54) is 18.2 Å². The second kappa shape index (κ2) is 11.8. The standard InChI is InChI=1S/C20H22F3N3O4.HI/c1-2-24-20(25-8-12-3-4-15(21)14(5-12)10-27)26-9-13-6-17-18(29-11-28-17)7-16(13)30-19(22)23;/h3-7,19,27H,2,8-11H2,1H3,(H2,24,25,26);1H. The molecular formula is C20H23F3IN3O4. The molecule has 0 amide bonds. The predicted molar refractivity (Wildman–Crippen MR) is 119 cm³/mol. The van der Waals surface area contributed by atoms with Crippen LogP contribution in [0, 0.1) is 5.82 Å². The number of halogens is 4. The minimum Gasteiger partial charge on any atom is -0.454 e. The van der Waals surface area contributed by atoms with E-state index in [2.05, 4.69) is 20.4 Å². The number of ether oxygens (including phenoxy) is 3. The molecular weight excluding hydrogens is 530 g/mol. The Labute approximate surface area is 194 Å². The van der Waals surface area contributed by atoms with Crippen LogP contribution in [0.5, 0.6) is 17.2 Å². The van der Waals surface area contributed by atoms with E-state index >= 15 is 0 Å². The van der Waals surface area contributed by atoms with Gasteiger partial charge in [0.15, 0.2) is 17.5 Å². The fourth-order valence-corrected chi connectivity index (χ4v) is 2.85. The van der Waals surface area contributed by atoms with Crippen molar-refractivity contribution in [2.75, 3.05) is 13.3 Å². The topological polar surface area (TPSA) is 84.3 Å². The normalized spacial score (nSPS) is 12.5. The summed E-state index contributed by atoms with van der Waals surface area (Å²) < 4.78 is 54.2. The number of alkyl halides is 2. The lowest BCUT2D eigenvalue weighted by Gasteiger charge is -2.15. The van der Waals surface area contributed by atoms with Crippen LogP contribution in [-0.2, 0) is 19.7 Å². The number of aliphatic hydroxyl groups is 1. The lowest BCUT2D eigenvalue weighted by Crippen LogP contribution is -2.36. The Balaban J connectivity index is 0.00000341. The maximum atomic E-state index is 13.5. The van der Waals surface area contributed by atoms with Gasteiger partial charge in [-0.1, -0.05) is 6.07 Å². The first-order valence-electron chi connectivity index (χ1n) is 9.27. The van der Waals surface area contributed by atoms with Crippen molar-refractivity contribution in [1.82, 2.24) is 10.6 Å². The Morgan fingerprint density at radius 3 is 2.58 bits per heavy atom. The molecule has 11 heteroatoms. The van der Waals surface area contributed by atoms with Crippen molar-refractivity contribution in [3.63, 3.8) is 0 Å². The van der Waals surface area contributed by atoms with E-state index in [9.17, 15) is 18.3 Å². The minimum absolute atomic E-state index is 0. The number of hydrogen-bond acceptors (Lipinski definition) is 5. The van der Waals surface area contributed by atoms with E-state index in [4.69, 9.17) is 9.47 Å². The van der Waals surface area contributed by atoms with Gasteiger partial charge in [0.25, 0.3) is 0 Å². The van der Waals surface area contributed by atoms with Gasteiger partial charge < -0.3 is 30.0 Å². The molecule has 0 radical (unpaired) electrons. The average molecular weight is 553 g/mol. The average Bonchev–Trinajstić information content (AvgIpc) is 3.17. The largest absolute Gasteiger partial charge is 0.454 e. The van der Waals surface area contributed by atoms with E-state index in [0.29, 0.717) is 35.1 Å². The third-order valence-corrected chi connectivity index (χ3v) is 4.26. The number of nitrogens with one attached hydrogen (secondary N) is 2. The van der Waals surface area contributed by atoms with E-state index in [-0.39, 0.29) is 55.2 Å².